The smallest absolute Gasteiger partial charge is 0.493 e. The maximum absolute atomic E-state index is 13.7. The molecule has 136 valence electrons. The van der Waals surface area contributed by atoms with Gasteiger partial charge in [-0.1, -0.05) is 30.3 Å². The van der Waals surface area contributed by atoms with Crippen LogP contribution in [0.1, 0.15) is 17.5 Å². The molecule has 0 unspecified atom stereocenters. The van der Waals surface area contributed by atoms with Crippen molar-refractivity contribution in [1.29, 1.82) is 0 Å². The molecule has 7 nitrogen and oxygen atoms in total. The predicted octanol–water partition coefficient (Wildman–Crippen LogP) is 3.38. The van der Waals surface area contributed by atoms with Crippen LogP contribution in [0.5, 0.6) is 5.75 Å². The van der Waals surface area contributed by atoms with Crippen molar-refractivity contribution in [2.75, 3.05) is 6.61 Å². The van der Waals surface area contributed by atoms with E-state index in [1.807, 2.05) is 6.07 Å². The number of carboxylic acid groups (broad SMARTS) is 1. The van der Waals surface area contributed by atoms with Gasteiger partial charge in [0.2, 0.25) is 5.72 Å². The highest BCUT2D eigenvalue weighted by molar-refractivity contribution is 5.70. The second-order valence-electron chi connectivity index (χ2n) is 5.62. The molecule has 0 radical (unpaired) electrons. The predicted molar refractivity (Wildman–Crippen MR) is 87.1 cm³/mol. The Balaban J connectivity index is 1.82. The molecule has 0 saturated carbocycles. The van der Waals surface area contributed by atoms with Crippen LogP contribution >= 0.6 is 0 Å². The van der Waals surface area contributed by atoms with E-state index in [2.05, 4.69) is 5.32 Å². The van der Waals surface area contributed by atoms with Gasteiger partial charge in [-0.25, -0.2) is 14.0 Å². The average molecular weight is 361 g/mol. The summed E-state index contributed by atoms with van der Waals surface area (Å²) in [4.78, 5) is 23.4. The number of benzene rings is 2. The summed E-state index contributed by atoms with van der Waals surface area (Å²) in [6.07, 6.45) is -2.55. The lowest BCUT2D eigenvalue weighted by Crippen LogP contribution is -2.52. The molecule has 0 aromatic heterocycles. The van der Waals surface area contributed by atoms with Crippen LogP contribution < -0.4 is 10.1 Å². The first-order valence-corrected chi connectivity index (χ1v) is 7.82. The molecule has 2 aromatic carbocycles. The van der Waals surface area contributed by atoms with E-state index in [4.69, 9.17) is 19.3 Å². The summed E-state index contributed by atoms with van der Waals surface area (Å²) in [6.45, 7) is 0.0627. The number of carbonyl (C=O) groups excluding carboxylic acids is 1. The van der Waals surface area contributed by atoms with Gasteiger partial charge in [0.25, 0.3) is 0 Å². The normalized spacial score (nSPS) is 18.2. The molecule has 1 amide bonds. The van der Waals surface area contributed by atoms with Crippen LogP contribution in [0, 0.1) is 5.82 Å². The number of rotatable bonds is 4. The van der Waals surface area contributed by atoms with E-state index < -0.39 is 23.8 Å². The minimum Gasteiger partial charge on any atom is -0.493 e. The maximum Gasteiger partial charge on any atom is 0.508 e. The second-order valence-corrected chi connectivity index (χ2v) is 5.62. The van der Waals surface area contributed by atoms with Crippen LogP contribution in [0.25, 0.3) is 0 Å². The lowest BCUT2D eigenvalue weighted by atomic mass is 9.96. The van der Waals surface area contributed by atoms with E-state index in [-0.39, 0.29) is 30.9 Å². The summed E-state index contributed by atoms with van der Waals surface area (Å²) in [5.41, 5.74) is -0.966. The number of hydrogen-bond donors (Lipinski definition) is 2. The molecule has 0 fully saturated rings. The van der Waals surface area contributed by atoms with Crippen molar-refractivity contribution in [3.05, 3.63) is 65.5 Å². The number of hydrogen-bond acceptors (Lipinski definition) is 5. The molecule has 1 aliphatic rings. The van der Waals surface area contributed by atoms with E-state index in [0.717, 1.165) is 11.6 Å². The number of fused-ring (bicyclic) bond motifs is 1. The number of ether oxygens (including phenoxy) is 3. The van der Waals surface area contributed by atoms with Crippen molar-refractivity contribution in [2.45, 2.75) is 18.8 Å². The Kier molecular flexibility index (Phi) is 4.92. The first kappa shape index (κ1) is 17.5. The molecule has 1 aliphatic heterocycles. The SMILES string of the molecule is O=C(O)O[C@@]1(NC(=O)OCc2ccccc2)CCOc2ccc(F)cc21. The molecule has 0 aliphatic carbocycles. The van der Waals surface area contributed by atoms with Crippen molar-refractivity contribution in [3.8, 4) is 5.75 Å². The lowest BCUT2D eigenvalue weighted by Gasteiger charge is -2.37. The first-order chi connectivity index (χ1) is 12.5. The highest BCUT2D eigenvalue weighted by atomic mass is 19.1. The van der Waals surface area contributed by atoms with E-state index >= 15 is 0 Å². The van der Waals surface area contributed by atoms with Gasteiger partial charge in [0.05, 0.1) is 12.2 Å². The van der Waals surface area contributed by atoms with Gasteiger partial charge in [-0.05, 0) is 23.8 Å². The van der Waals surface area contributed by atoms with Crippen molar-refractivity contribution in [1.82, 2.24) is 5.32 Å². The molecule has 2 aromatic rings. The third-order valence-electron chi connectivity index (χ3n) is 3.87. The third kappa shape index (κ3) is 3.85. The molecule has 8 heteroatoms. The molecule has 0 saturated heterocycles. The first-order valence-electron chi connectivity index (χ1n) is 7.82. The Morgan fingerprint density at radius 2 is 2.00 bits per heavy atom. The lowest BCUT2D eigenvalue weighted by molar-refractivity contribution is -0.0661. The minimum atomic E-state index is -1.80. The summed E-state index contributed by atoms with van der Waals surface area (Å²) in [5.74, 6) is -0.394. The fraction of sp³-hybridized carbons (Fsp3) is 0.222. The fourth-order valence-electron chi connectivity index (χ4n) is 2.72. The molecule has 2 N–H and O–H groups in total. The monoisotopic (exact) mass is 361 g/mol. The van der Waals surface area contributed by atoms with Crippen molar-refractivity contribution >= 4 is 12.2 Å². The average Bonchev–Trinajstić information content (AvgIpc) is 2.61. The number of alkyl carbamates (subject to hydrolysis) is 1. The van der Waals surface area contributed by atoms with Gasteiger partial charge in [0.15, 0.2) is 0 Å². The van der Waals surface area contributed by atoms with Crippen LogP contribution in [0.4, 0.5) is 14.0 Å². The Morgan fingerprint density at radius 1 is 1.23 bits per heavy atom. The van der Waals surface area contributed by atoms with E-state index in [1.54, 1.807) is 24.3 Å². The standard InChI is InChI=1S/C18H16FNO6/c19-13-6-7-15-14(10-13)18(8-9-24-15,26-17(22)23)20-16(21)25-11-12-4-2-1-3-5-12/h1-7,10H,8-9,11H2,(H,20,21)(H,22,23)/t18-/m0/s1. The van der Waals surface area contributed by atoms with Gasteiger partial charge in [-0.3, -0.25) is 5.32 Å². The summed E-state index contributed by atoms with van der Waals surface area (Å²) in [5, 5.41) is 11.5. The second kappa shape index (κ2) is 7.30. The van der Waals surface area contributed by atoms with E-state index in [1.165, 1.54) is 12.1 Å². The molecule has 26 heavy (non-hydrogen) atoms. The van der Waals surface area contributed by atoms with Gasteiger partial charge < -0.3 is 19.3 Å². The van der Waals surface area contributed by atoms with Crippen LogP contribution in [-0.2, 0) is 21.8 Å². The summed E-state index contributed by atoms with van der Waals surface area (Å²) >= 11 is 0. The van der Waals surface area contributed by atoms with Crippen LogP contribution in [-0.4, -0.2) is 24.0 Å². The number of amides is 1. The molecule has 1 heterocycles. The summed E-state index contributed by atoms with van der Waals surface area (Å²) in [6, 6.07) is 12.5. The largest absolute Gasteiger partial charge is 0.508 e. The van der Waals surface area contributed by atoms with Crippen LogP contribution in [0.3, 0.4) is 0 Å². The van der Waals surface area contributed by atoms with Crippen LogP contribution in [0.15, 0.2) is 48.5 Å². The van der Waals surface area contributed by atoms with E-state index in [9.17, 15) is 14.0 Å². The number of nitrogens with one attached hydrogen (secondary N) is 1. The van der Waals surface area contributed by atoms with Gasteiger partial charge in [-0.15, -0.1) is 0 Å². The molecule has 0 bridgehead atoms. The van der Waals surface area contributed by atoms with Gasteiger partial charge in [-0.2, -0.15) is 0 Å². The minimum absolute atomic E-state index is 0.0116. The van der Waals surface area contributed by atoms with Gasteiger partial charge in [0, 0.05) is 6.42 Å². The fourth-order valence-corrected chi connectivity index (χ4v) is 2.72. The summed E-state index contributed by atoms with van der Waals surface area (Å²) < 4.78 is 29.1. The highest BCUT2D eigenvalue weighted by Crippen LogP contribution is 2.38. The third-order valence-corrected chi connectivity index (χ3v) is 3.87. The Bertz CT molecular complexity index is 813. The molecule has 3 rings (SSSR count). The van der Waals surface area contributed by atoms with E-state index in [0.29, 0.717) is 0 Å². The molecular formula is C18H16FNO6. The zero-order valence-electron chi connectivity index (χ0n) is 13.6. The van der Waals surface area contributed by atoms with Gasteiger partial charge in [0.1, 0.15) is 18.2 Å². The number of halogens is 1. The van der Waals surface area contributed by atoms with Crippen LogP contribution in [0.2, 0.25) is 0 Å². The Hall–Kier alpha value is -3.29. The molecule has 0 spiro atoms. The number of carbonyl (C=O) groups is 2. The zero-order chi connectivity index (χ0) is 18.6. The maximum atomic E-state index is 13.7. The van der Waals surface area contributed by atoms with Gasteiger partial charge >= 0.3 is 12.2 Å². The molecule has 1 atom stereocenters. The van der Waals surface area contributed by atoms with Crippen molar-refractivity contribution in [3.63, 3.8) is 0 Å². The Labute approximate surface area is 148 Å². The van der Waals surface area contributed by atoms with Crippen molar-refractivity contribution in [2.24, 2.45) is 0 Å². The zero-order valence-corrected chi connectivity index (χ0v) is 13.6. The quantitative estimate of drug-likeness (QED) is 0.640. The summed E-state index contributed by atoms with van der Waals surface area (Å²) in [7, 11) is 0. The highest BCUT2D eigenvalue weighted by Gasteiger charge is 2.44. The Morgan fingerprint density at radius 3 is 2.73 bits per heavy atom. The van der Waals surface area contributed by atoms with Crippen molar-refractivity contribution < 1.29 is 33.3 Å². The topological polar surface area (TPSA) is 94.1 Å². The molecular weight excluding hydrogens is 345 g/mol.